The van der Waals surface area contributed by atoms with Crippen molar-refractivity contribution in [2.45, 2.75) is 207 Å². The number of unbranched alkanes of at least 4 members (excludes halogenated alkanes) is 14. The Kier molecular flexibility index (Phi) is 47.1. The first-order valence-corrected chi connectivity index (χ1v) is 24.4. The molecule has 5 nitrogen and oxygen atoms in total. The van der Waals surface area contributed by atoms with Crippen LogP contribution in [0.3, 0.4) is 0 Å². The highest BCUT2D eigenvalue weighted by Gasteiger charge is 2.17. The van der Waals surface area contributed by atoms with Crippen molar-refractivity contribution in [3.05, 3.63) is 109 Å². The molecule has 0 saturated heterocycles. The van der Waals surface area contributed by atoms with Gasteiger partial charge in [-0.05, 0) is 116 Å². The van der Waals surface area contributed by atoms with Gasteiger partial charge < -0.3 is 14.2 Å². The number of rotatable bonds is 43. The number of carbonyl (C=O) groups excluding carboxylic acids is 2. The SMILES string of the molecule is CC/C=C\C/C=C\C/C=C\CCCCCCCCCCOCC(COC(=O)CCCCC/C=C\C/C=C\C/C=C\CC)OC(=O)CCCCC/C=C\C/C=C\C/C=C\CC. The van der Waals surface area contributed by atoms with Gasteiger partial charge in [0.1, 0.15) is 6.61 Å². The van der Waals surface area contributed by atoms with E-state index in [1.165, 1.54) is 44.9 Å². The van der Waals surface area contributed by atoms with Gasteiger partial charge in [-0.25, -0.2) is 0 Å². The minimum atomic E-state index is -0.573. The molecule has 0 rings (SSSR count). The molecule has 5 heteroatoms. The molecule has 0 spiro atoms. The molecule has 0 aliphatic rings. The normalized spacial score (nSPS) is 13.2. The highest BCUT2D eigenvalue weighted by atomic mass is 16.6. The third kappa shape index (κ3) is 47.2. The second-order valence-corrected chi connectivity index (χ2v) is 15.6. The van der Waals surface area contributed by atoms with Crippen LogP contribution in [0.5, 0.6) is 0 Å². The molecule has 0 aromatic rings. The van der Waals surface area contributed by atoms with Crippen LogP contribution < -0.4 is 0 Å². The number of hydrogen-bond acceptors (Lipinski definition) is 5. The summed E-state index contributed by atoms with van der Waals surface area (Å²) < 4.78 is 17.3. The van der Waals surface area contributed by atoms with Gasteiger partial charge in [0, 0.05) is 19.4 Å². The Bertz CT molecular complexity index is 1210. The average Bonchev–Trinajstić information content (AvgIpc) is 3.25. The predicted octanol–water partition coefficient (Wildman–Crippen LogP) is 16.4. The third-order valence-corrected chi connectivity index (χ3v) is 9.79. The summed E-state index contributed by atoms with van der Waals surface area (Å²) in [7, 11) is 0. The van der Waals surface area contributed by atoms with Crippen molar-refractivity contribution in [1.82, 2.24) is 0 Å². The maximum absolute atomic E-state index is 12.8. The Hall–Kier alpha value is -3.44. The Morgan fingerprint density at radius 3 is 1.12 bits per heavy atom. The van der Waals surface area contributed by atoms with E-state index < -0.39 is 6.10 Å². The minimum Gasteiger partial charge on any atom is -0.462 e. The topological polar surface area (TPSA) is 61.8 Å². The standard InChI is InChI=1S/C55H90O5/c1-4-7-10-13-16-19-22-25-26-27-28-29-32-35-38-41-44-47-50-58-51-53(60-55(57)49-46-43-40-37-34-31-24-21-18-15-12-9-6-3)52-59-54(56)48-45-42-39-36-33-30-23-20-17-14-11-8-5-2/h7-12,16-21,25-26,30-31,33-34,53H,4-6,13-15,22-24,27-29,32,35-52H2,1-3H3/b10-7-,11-8-,12-9-,19-16-,20-17-,21-18-,26-25-,33-30-,34-31-. The molecule has 0 amide bonds. The van der Waals surface area contributed by atoms with Crippen LogP contribution in [0, 0.1) is 0 Å². The van der Waals surface area contributed by atoms with Crippen LogP contribution in [-0.4, -0.2) is 37.9 Å². The monoisotopic (exact) mass is 831 g/mol. The highest BCUT2D eigenvalue weighted by molar-refractivity contribution is 5.70. The lowest BCUT2D eigenvalue weighted by molar-refractivity contribution is -0.163. The van der Waals surface area contributed by atoms with Crippen molar-refractivity contribution in [2.24, 2.45) is 0 Å². The predicted molar refractivity (Wildman–Crippen MR) is 260 cm³/mol. The van der Waals surface area contributed by atoms with E-state index in [0.717, 1.165) is 122 Å². The molecular weight excluding hydrogens is 741 g/mol. The molecule has 0 aliphatic carbocycles. The van der Waals surface area contributed by atoms with Crippen molar-refractivity contribution < 1.29 is 23.8 Å². The zero-order valence-electron chi connectivity index (χ0n) is 38.9. The lowest BCUT2D eigenvalue weighted by Gasteiger charge is -2.18. The minimum absolute atomic E-state index is 0.0486. The summed E-state index contributed by atoms with van der Waals surface area (Å²) in [4.78, 5) is 25.3. The smallest absolute Gasteiger partial charge is 0.306 e. The van der Waals surface area contributed by atoms with E-state index in [9.17, 15) is 9.59 Å². The lowest BCUT2D eigenvalue weighted by atomic mass is 10.1. The fraction of sp³-hybridized carbons (Fsp3) is 0.636. The van der Waals surface area contributed by atoms with Crippen molar-refractivity contribution in [2.75, 3.05) is 19.8 Å². The van der Waals surface area contributed by atoms with Crippen LogP contribution in [0.15, 0.2) is 109 Å². The van der Waals surface area contributed by atoms with E-state index >= 15 is 0 Å². The second-order valence-electron chi connectivity index (χ2n) is 15.6. The van der Waals surface area contributed by atoms with E-state index in [1.54, 1.807) is 0 Å². The molecule has 0 aliphatic heterocycles. The summed E-state index contributed by atoms with van der Waals surface area (Å²) >= 11 is 0. The Balaban J connectivity index is 4.36. The number of ether oxygens (including phenoxy) is 3. The zero-order chi connectivity index (χ0) is 43.5. The molecule has 0 aromatic heterocycles. The summed E-state index contributed by atoms with van der Waals surface area (Å²) in [5, 5.41) is 0. The molecular formula is C55H90O5. The van der Waals surface area contributed by atoms with Gasteiger partial charge in [0.05, 0.1) is 6.61 Å². The maximum atomic E-state index is 12.8. The van der Waals surface area contributed by atoms with Crippen LogP contribution >= 0.6 is 0 Å². The number of hydrogen-bond donors (Lipinski definition) is 0. The second kappa shape index (κ2) is 49.9. The van der Waals surface area contributed by atoms with Gasteiger partial charge in [0.15, 0.2) is 6.10 Å². The molecule has 0 saturated carbocycles. The lowest BCUT2D eigenvalue weighted by Crippen LogP contribution is -2.30. The van der Waals surface area contributed by atoms with Gasteiger partial charge >= 0.3 is 11.9 Å². The number of allylic oxidation sites excluding steroid dienone is 18. The van der Waals surface area contributed by atoms with E-state index in [2.05, 4.69) is 130 Å². The first-order valence-electron chi connectivity index (χ1n) is 24.4. The molecule has 60 heavy (non-hydrogen) atoms. The molecule has 340 valence electrons. The molecule has 0 radical (unpaired) electrons. The highest BCUT2D eigenvalue weighted by Crippen LogP contribution is 2.12. The summed E-state index contributed by atoms with van der Waals surface area (Å²) in [5.74, 6) is -0.477. The summed E-state index contributed by atoms with van der Waals surface area (Å²) in [6.45, 7) is 7.39. The van der Waals surface area contributed by atoms with Crippen molar-refractivity contribution >= 4 is 11.9 Å². The summed E-state index contributed by atoms with van der Waals surface area (Å²) in [5.41, 5.74) is 0. The van der Waals surface area contributed by atoms with Gasteiger partial charge in [-0.1, -0.05) is 182 Å². The average molecular weight is 831 g/mol. The molecule has 1 unspecified atom stereocenters. The van der Waals surface area contributed by atoms with E-state index in [-0.39, 0.29) is 25.2 Å². The Labute approximate surface area is 370 Å². The van der Waals surface area contributed by atoms with Crippen molar-refractivity contribution in [3.63, 3.8) is 0 Å². The van der Waals surface area contributed by atoms with Crippen LogP contribution in [0.25, 0.3) is 0 Å². The van der Waals surface area contributed by atoms with E-state index in [0.29, 0.717) is 19.4 Å². The van der Waals surface area contributed by atoms with E-state index in [1.807, 2.05) is 0 Å². The number of esters is 2. The quantitative estimate of drug-likeness (QED) is 0.0348. The zero-order valence-corrected chi connectivity index (χ0v) is 38.9. The molecule has 0 heterocycles. The first-order chi connectivity index (χ1) is 29.6. The van der Waals surface area contributed by atoms with Gasteiger partial charge in [0.25, 0.3) is 0 Å². The fourth-order valence-corrected chi connectivity index (χ4v) is 6.26. The van der Waals surface area contributed by atoms with Crippen molar-refractivity contribution in [3.8, 4) is 0 Å². The first kappa shape index (κ1) is 56.6. The van der Waals surface area contributed by atoms with Crippen LogP contribution in [0.2, 0.25) is 0 Å². The largest absolute Gasteiger partial charge is 0.462 e. The van der Waals surface area contributed by atoms with Gasteiger partial charge in [-0.2, -0.15) is 0 Å². The maximum Gasteiger partial charge on any atom is 0.306 e. The Morgan fingerprint density at radius 1 is 0.367 bits per heavy atom. The van der Waals surface area contributed by atoms with Gasteiger partial charge in [-0.3, -0.25) is 9.59 Å². The molecule has 0 bridgehead atoms. The van der Waals surface area contributed by atoms with Crippen LogP contribution in [0.1, 0.15) is 201 Å². The summed E-state index contributed by atoms with van der Waals surface area (Å²) in [6.07, 6.45) is 68.1. The van der Waals surface area contributed by atoms with Crippen LogP contribution in [-0.2, 0) is 23.8 Å². The third-order valence-electron chi connectivity index (χ3n) is 9.79. The van der Waals surface area contributed by atoms with Gasteiger partial charge in [0.2, 0.25) is 0 Å². The van der Waals surface area contributed by atoms with Crippen molar-refractivity contribution in [1.29, 1.82) is 0 Å². The van der Waals surface area contributed by atoms with Gasteiger partial charge in [-0.15, -0.1) is 0 Å². The van der Waals surface area contributed by atoms with Crippen LogP contribution in [0.4, 0.5) is 0 Å². The van der Waals surface area contributed by atoms with E-state index in [4.69, 9.17) is 14.2 Å². The molecule has 0 aromatic carbocycles. The summed E-state index contributed by atoms with van der Waals surface area (Å²) in [6, 6.07) is 0. The Morgan fingerprint density at radius 2 is 0.700 bits per heavy atom. The molecule has 0 N–H and O–H groups in total. The molecule has 0 fully saturated rings. The molecule has 1 atom stereocenters. The number of carbonyl (C=O) groups is 2. The fourth-order valence-electron chi connectivity index (χ4n) is 6.26.